The number of aromatic nitrogens is 2. The second-order valence-corrected chi connectivity index (χ2v) is 6.54. The van der Waals surface area contributed by atoms with Crippen molar-refractivity contribution in [1.29, 1.82) is 0 Å². The lowest BCUT2D eigenvalue weighted by Crippen LogP contribution is -2.41. The van der Waals surface area contributed by atoms with E-state index in [9.17, 15) is 28.1 Å². The number of imidazole rings is 1. The van der Waals surface area contributed by atoms with Gasteiger partial charge in [-0.25, -0.2) is 4.98 Å². The molecule has 30 heavy (non-hydrogen) atoms. The maximum atomic E-state index is 13.1. The minimum absolute atomic E-state index is 0.113. The van der Waals surface area contributed by atoms with Crippen molar-refractivity contribution >= 4 is 11.6 Å². The topological polar surface area (TPSA) is 81.3 Å². The van der Waals surface area contributed by atoms with Crippen LogP contribution in [0.1, 0.15) is 11.1 Å². The number of halogens is 3. The lowest BCUT2D eigenvalue weighted by Gasteiger charge is -2.24. The number of hydrogen-bond acceptors (Lipinski definition) is 4. The van der Waals surface area contributed by atoms with E-state index in [1.165, 1.54) is 24.3 Å². The molecule has 0 unspecified atom stereocenters. The van der Waals surface area contributed by atoms with Gasteiger partial charge in [0.25, 0.3) is 5.69 Å². The van der Waals surface area contributed by atoms with Gasteiger partial charge in [0.05, 0.1) is 11.3 Å². The highest BCUT2D eigenvalue weighted by Crippen LogP contribution is 2.22. The number of benzene rings is 2. The van der Waals surface area contributed by atoms with Gasteiger partial charge in [0.2, 0.25) is 0 Å². The van der Waals surface area contributed by atoms with Crippen molar-refractivity contribution in [3.8, 4) is 5.69 Å². The quantitative estimate of drug-likeness (QED) is 0.430. The molecule has 1 aromatic heterocycles. The summed E-state index contributed by atoms with van der Waals surface area (Å²) in [4.78, 5) is 26.8. The first kappa shape index (κ1) is 21.0. The summed E-state index contributed by atoms with van der Waals surface area (Å²) in [5.74, 6) is -1.93. The fourth-order valence-corrected chi connectivity index (χ4v) is 2.93. The van der Waals surface area contributed by atoms with Gasteiger partial charge in [-0.3, -0.25) is 14.9 Å². The third-order valence-corrected chi connectivity index (χ3v) is 4.43. The summed E-state index contributed by atoms with van der Waals surface area (Å²) in [7, 11) is 0. The van der Waals surface area contributed by atoms with Crippen molar-refractivity contribution in [2.45, 2.75) is 19.1 Å². The van der Waals surface area contributed by atoms with E-state index < -0.39 is 17.0 Å². The summed E-state index contributed by atoms with van der Waals surface area (Å²) in [5.41, 5.74) is 1.72. The zero-order chi connectivity index (χ0) is 21.7. The molecule has 0 saturated heterocycles. The Morgan fingerprint density at radius 2 is 1.87 bits per heavy atom. The Bertz CT molecular complexity index is 1020. The van der Waals surface area contributed by atoms with Crippen LogP contribution in [0.4, 0.5) is 18.9 Å². The van der Waals surface area contributed by atoms with Gasteiger partial charge >= 0.3 is 12.1 Å². The van der Waals surface area contributed by atoms with E-state index in [1.54, 1.807) is 47.6 Å². The molecule has 10 heteroatoms. The molecule has 7 nitrogen and oxygen atoms in total. The number of carbonyl (C=O) groups is 1. The molecular weight excluding hydrogens is 401 g/mol. The fraction of sp³-hybridized carbons (Fsp3) is 0.200. The van der Waals surface area contributed by atoms with Crippen LogP contribution in [-0.4, -0.2) is 38.0 Å². The van der Waals surface area contributed by atoms with Crippen molar-refractivity contribution in [2.24, 2.45) is 0 Å². The zero-order valence-electron chi connectivity index (χ0n) is 15.6. The van der Waals surface area contributed by atoms with Crippen molar-refractivity contribution in [3.05, 3.63) is 88.5 Å². The average molecular weight is 418 g/mol. The minimum Gasteiger partial charge on any atom is -0.330 e. The van der Waals surface area contributed by atoms with Crippen LogP contribution in [0.5, 0.6) is 0 Å². The molecule has 0 radical (unpaired) electrons. The number of nitro benzene ring substituents is 1. The van der Waals surface area contributed by atoms with Crippen LogP contribution in [0.3, 0.4) is 0 Å². The number of rotatable bonds is 7. The van der Waals surface area contributed by atoms with Crippen molar-refractivity contribution < 1.29 is 22.9 Å². The average Bonchev–Trinajstić information content (AvgIpc) is 3.25. The van der Waals surface area contributed by atoms with Gasteiger partial charge in [-0.1, -0.05) is 24.3 Å². The maximum absolute atomic E-state index is 13.1. The first-order chi connectivity index (χ1) is 14.2. The standard InChI is InChI=1S/C20H17F3N4O3/c21-20(22,23)19(28)25(10-8-15-4-6-17(7-5-15)27(29)30)13-16-2-1-3-18(12-16)26-11-9-24-14-26/h1-7,9,11-12,14H,8,10,13H2. The number of carbonyl (C=O) groups excluding carboxylic acids is 1. The molecule has 0 saturated carbocycles. The van der Waals surface area contributed by atoms with Crippen LogP contribution in [0.2, 0.25) is 0 Å². The number of hydrogen-bond donors (Lipinski definition) is 0. The molecule has 0 atom stereocenters. The van der Waals surface area contributed by atoms with E-state index in [-0.39, 0.29) is 25.2 Å². The molecule has 0 bridgehead atoms. The third-order valence-electron chi connectivity index (χ3n) is 4.43. The van der Waals surface area contributed by atoms with Gasteiger partial charge in [-0.15, -0.1) is 0 Å². The number of nitro groups is 1. The van der Waals surface area contributed by atoms with Crippen LogP contribution in [0.15, 0.2) is 67.3 Å². The summed E-state index contributed by atoms with van der Waals surface area (Å²) in [6.07, 6.45) is -0.0342. The molecule has 0 aliphatic heterocycles. The fourth-order valence-electron chi connectivity index (χ4n) is 2.93. The molecule has 3 rings (SSSR count). The van der Waals surface area contributed by atoms with Crippen LogP contribution >= 0.6 is 0 Å². The number of nitrogens with zero attached hydrogens (tertiary/aromatic N) is 4. The summed E-state index contributed by atoms with van der Waals surface area (Å²) in [6, 6.07) is 12.3. The van der Waals surface area contributed by atoms with Crippen molar-refractivity contribution in [3.63, 3.8) is 0 Å². The van der Waals surface area contributed by atoms with Gasteiger partial charge in [0.1, 0.15) is 0 Å². The minimum atomic E-state index is -5.00. The van der Waals surface area contributed by atoms with E-state index in [0.717, 1.165) is 4.90 Å². The Labute approximate surface area is 169 Å². The highest BCUT2D eigenvalue weighted by Gasteiger charge is 2.42. The number of non-ortho nitro benzene ring substituents is 1. The van der Waals surface area contributed by atoms with Crippen LogP contribution in [0.25, 0.3) is 5.69 Å². The Morgan fingerprint density at radius 3 is 2.47 bits per heavy atom. The third kappa shape index (κ3) is 5.22. The molecule has 0 aliphatic carbocycles. The van der Waals surface area contributed by atoms with E-state index in [1.807, 2.05) is 0 Å². The molecule has 3 aromatic rings. The van der Waals surface area contributed by atoms with Crippen LogP contribution in [-0.2, 0) is 17.8 Å². The van der Waals surface area contributed by atoms with Gasteiger partial charge in [-0.2, -0.15) is 13.2 Å². The lowest BCUT2D eigenvalue weighted by atomic mass is 10.1. The predicted molar refractivity (Wildman–Crippen MR) is 102 cm³/mol. The van der Waals surface area contributed by atoms with E-state index >= 15 is 0 Å². The Morgan fingerprint density at radius 1 is 1.13 bits per heavy atom. The molecule has 0 spiro atoms. The predicted octanol–water partition coefficient (Wildman–Crippen LogP) is 3.91. The molecule has 1 amide bonds. The Hall–Kier alpha value is -3.69. The molecule has 0 N–H and O–H groups in total. The van der Waals surface area contributed by atoms with Gasteiger partial charge in [0.15, 0.2) is 0 Å². The highest BCUT2D eigenvalue weighted by atomic mass is 19.4. The molecule has 2 aromatic carbocycles. The Kier molecular flexibility index (Phi) is 6.14. The second kappa shape index (κ2) is 8.76. The van der Waals surface area contributed by atoms with Crippen LogP contribution in [0, 0.1) is 10.1 Å². The van der Waals surface area contributed by atoms with E-state index in [2.05, 4.69) is 4.98 Å². The maximum Gasteiger partial charge on any atom is 0.471 e. The monoisotopic (exact) mass is 418 g/mol. The van der Waals surface area contributed by atoms with Gasteiger partial charge in [0, 0.05) is 43.3 Å². The molecule has 156 valence electrons. The van der Waals surface area contributed by atoms with Crippen molar-refractivity contribution in [2.75, 3.05) is 6.54 Å². The number of alkyl halides is 3. The van der Waals surface area contributed by atoms with Gasteiger partial charge in [-0.05, 0) is 29.7 Å². The second-order valence-electron chi connectivity index (χ2n) is 6.54. The van der Waals surface area contributed by atoms with Crippen LogP contribution < -0.4 is 0 Å². The van der Waals surface area contributed by atoms with E-state index in [4.69, 9.17) is 0 Å². The molecule has 1 heterocycles. The summed E-state index contributed by atoms with van der Waals surface area (Å²) in [6.45, 7) is -0.417. The normalized spacial score (nSPS) is 11.3. The molecule has 0 fully saturated rings. The lowest BCUT2D eigenvalue weighted by molar-refractivity contribution is -0.384. The summed E-state index contributed by atoms with van der Waals surface area (Å²) in [5, 5.41) is 10.7. The van der Waals surface area contributed by atoms with Gasteiger partial charge < -0.3 is 9.47 Å². The smallest absolute Gasteiger partial charge is 0.330 e. The molecular formula is C20H17F3N4O3. The Balaban J connectivity index is 1.77. The largest absolute Gasteiger partial charge is 0.471 e. The summed E-state index contributed by atoms with van der Waals surface area (Å²) < 4.78 is 41.0. The zero-order valence-corrected chi connectivity index (χ0v) is 15.6. The first-order valence-electron chi connectivity index (χ1n) is 8.91. The summed E-state index contributed by atoms with van der Waals surface area (Å²) >= 11 is 0. The first-order valence-corrected chi connectivity index (χ1v) is 8.91. The number of amides is 1. The van der Waals surface area contributed by atoms with Crippen molar-refractivity contribution in [1.82, 2.24) is 14.5 Å². The van der Waals surface area contributed by atoms with E-state index in [0.29, 0.717) is 16.8 Å². The SMILES string of the molecule is O=C(N(CCc1ccc([N+](=O)[O-])cc1)Cc1cccc(-n2ccnc2)c1)C(F)(F)F. The molecule has 0 aliphatic rings. The highest BCUT2D eigenvalue weighted by molar-refractivity contribution is 5.81.